The smallest absolute Gasteiger partial charge is 0.319 e. The summed E-state index contributed by atoms with van der Waals surface area (Å²) in [5.41, 5.74) is 0.446. The minimum Gasteiger partial charge on any atom is -0.341 e. The Balaban J connectivity index is 1.81. The predicted molar refractivity (Wildman–Crippen MR) is 79.3 cm³/mol. The molecule has 1 aromatic carbocycles. The fourth-order valence-corrected chi connectivity index (χ4v) is 2.45. The third kappa shape index (κ3) is 4.02. The molecule has 1 aliphatic heterocycles. The zero-order valence-corrected chi connectivity index (χ0v) is 12.3. The van der Waals surface area contributed by atoms with Crippen LogP contribution in [0.4, 0.5) is 10.5 Å². The van der Waals surface area contributed by atoms with Crippen LogP contribution in [0, 0.1) is 0 Å². The average molecular weight is 316 g/mol. The van der Waals surface area contributed by atoms with Crippen molar-refractivity contribution < 1.29 is 9.59 Å². The summed E-state index contributed by atoms with van der Waals surface area (Å²) >= 11 is 11.7. The van der Waals surface area contributed by atoms with Gasteiger partial charge in [0.1, 0.15) is 0 Å². The van der Waals surface area contributed by atoms with E-state index >= 15 is 0 Å². The van der Waals surface area contributed by atoms with Crippen LogP contribution in [0.3, 0.4) is 0 Å². The molecule has 0 atom stereocenters. The zero-order valence-electron chi connectivity index (χ0n) is 10.8. The number of anilines is 1. The fraction of sp³-hybridized carbons (Fsp3) is 0.385. The number of halogens is 2. The van der Waals surface area contributed by atoms with E-state index in [1.807, 2.05) is 0 Å². The van der Waals surface area contributed by atoms with Crippen LogP contribution in [0.1, 0.15) is 12.8 Å². The van der Waals surface area contributed by atoms with Gasteiger partial charge in [0.25, 0.3) is 0 Å². The Morgan fingerprint density at radius 1 is 1.20 bits per heavy atom. The molecule has 7 heteroatoms. The van der Waals surface area contributed by atoms with Gasteiger partial charge < -0.3 is 15.5 Å². The molecule has 1 aromatic rings. The first-order chi connectivity index (χ1) is 9.56. The van der Waals surface area contributed by atoms with Gasteiger partial charge in [-0.3, -0.25) is 4.79 Å². The second-order valence-electron chi connectivity index (χ2n) is 4.52. The van der Waals surface area contributed by atoms with E-state index in [0.717, 1.165) is 25.9 Å². The van der Waals surface area contributed by atoms with E-state index in [4.69, 9.17) is 23.2 Å². The average Bonchev–Trinajstić information content (AvgIpc) is 2.93. The standard InChI is InChI=1S/C13H15Cl2N3O2/c14-9-3-4-11(10(15)7-9)17-13(20)16-8-12(19)18-5-1-2-6-18/h3-4,7H,1-2,5-6,8H2,(H2,16,17,20). The van der Waals surface area contributed by atoms with Crippen LogP contribution in [0.15, 0.2) is 18.2 Å². The van der Waals surface area contributed by atoms with E-state index in [1.165, 1.54) is 6.07 Å². The second-order valence-corrected chi connectivity index (χ2v) is 5.36. The van der Waals surface area contributed by atoms with Crippen molar-refractivity contribution in [2.75, 3.05) is 25.0 Å². The summed E-state index contributed by atoms with van der Waals surface area (Å²) in [6.45, 7) is 1.52. The van der Waals surface area contributed by atoms with Crippen LogP contribution < -0.4 is 10.6 Å². The number of nitrogens with zero attached hydrogens (tertiary/aromatic N) is 1. The molecule has 1 aliphatic rings. The summed E-state index contributed by atoms with van der Waals surface area (Å²) in [6.07, 6.45) is 2.05. The number of carbonyl (C=O) groups is 2. The predicted octanol–water partition coefficient (Wildman–Crippen LogP) is 2.74. The lowest BCUT2D eigenvalue weighted by molar-refractivity contribution is -0.128. The molecular weight excluding hydrogens is 301 g/mol. The maximum atomic E-state index is 11.8. The van der Waals surface area contributed by atoms with Crippen LogP contribution in [-0.4, -0.2) is 36.5 Å². The lowest BCUT2D eigenvalue weighted by Crippen LogP contribution is -2.40. The summed E-state index contributed by atoms with van der Waals surface area (Å²) < 4.78 is 0. The number of benzene rings is 1. The molecule has 0 unspecified atom stereocenters. The van der Waals surface area contributed by atoms with Gasteiger partial charge in [0.15, 0.2) is 0 Å². The van der Waals surface area contributed by atoms with Gasteiger partial charge >= 0.3 is 6.03 Å². The number of hydrogen-bond donors (Lipinski definition) is 2. The number of urea groups is 1. The Morgan fingerprint density at radius 2 is 1.90 bits per heavy atom. The largest absolute Gasteiger partial charge is 0.341 e. The summed E-state index contributed by atoms with van der Waals surface area (Å²) in [4.78, 5) is 25.2. The van der Waals surface area contributed by atoms with Gasteiger partial charge in [-0.15, -0.1) is 0 Å². The first-order valence-corrected chi connectivity index (χ1v) is 7.09. The summed E-state index contributed by atoms with van der Waals surface area (Å²) in [7, 11) is 0. The quantitative estimate of drug-likeness (QED) is 0.901. The third-order valence-electron chi connectivity index (χ3n) is 3.04. The van der Waals surface area contributed by atoms with Crippen molar-refractivity contribution >= 4 is 40.8 Å². The molecule has 1 heterocycles. The molecule has 0 bridgehead atoms. The van der Waals surface area contributed by atoms with Gasteiger partial charge in [0.2, 0.25) is 5.91 Å². The molecule has 20 heavy (non-hydrogen) atoms. The number of hydrogen-bond acceptors (Lipinski definition) is 2. The van der Waals surface area contributed by atoms with Gasteiger partial charge in [0.05, 0.1) is 17.3 Å². The first kappa shape index (κ1) is 14.9. The maximum absolute atomic E-state index is 11.8. The number of rotatable bonds is 3. The van der Waals surface area contributed by atoms with Crippen molar-refractivity contribution in [3.05, 3.63) is 28.2 Å². The van der Waals surface area contributed by atoms with E-state index in [0.29, 0.717) is 15.7 Å². The molecule has 1 fully saturated rings. The Labute approximate surface area is 127 Å². The maximum Gasteiger partial charge on any atom is 0.319 e. The molecule has 0 aromatic heterocycles. The van der Waals surface area contributed by atoms with Crippen LogP contribution in [0.2, 0.25) is 10.0 Å². The minimum absolute atomic E-state index is 0.0168. The molecule has 1 saturated heterocycles. The molecule has 108 valence electrons. The topological polar surface area (TPSA) is 61.4 Å². The number of amides is 3. The van der Waals surface area contributed by atoms with Crippen LogP contribution >= 0.6 is 23.2 Å². The Kier molecular flexibility index (Phi) is 5.09. The summed E-state index contributed by atoms with van der Waals surface area (Å²) in [5.74, 6) is -0.0696. The molecule has 2 N–H and O–H groups in total. The number of likely N-dealkylation sites (tertiary alicyclic amines) is 1. The van der Waals surface area contributed by atoms with Gasteiger partial charge in [0, 0.05) is 18.1 Å². The van der Waals surface area contributed by atoms with Crippen molar-refractivity contribution in [2.45, 2.75) is 12.8 Å². The van der Waals surface area contributed by atoms with Crippen LogP contribution in [-0.2, 0) is 4.79 Å². The van der Waals surface area contributed by atoms with Crippen molar-refractivity contribution in [3.8, 4) is 0 Å². The highest BCUT2D eigenvalue weighted by Gasteiger charge is 2.18. The highest BCUT2D eigenvalue weighted by atomic mass is 35.5. The molecule has 2 rings (SSSR count). The molecule has 0 aliphatic carbocycles. The highest BCUT2D eigenvalue weighted by molar-refractivity contribution is 6.36. The fourth-order valence-electron chi connectivity index (χ4n) is 1.99. The van der Waals surface area contributed by atoms with E-state index in [9.17, 15) is 9.59 Å². The normalized spacial score (nSPS) is 14.2. The summed E-state index contributed by atoms with van der Waals surface area (Å²) in [6, 6.07) is 4.29. The third-order valence-corrected chi connectivity index (χ3v) is 3.59. The summed E-state index contributed by atoms with van der Waals surface area (Å²) in [5, 5.41) is 5.93. The number of carbonyl (C=O) groups excluding carboxylic acids is 2. The van der Waals surface area contributed by atoms with Crippen molar-refractivity contribution in [2.24, 2.45) is 0 Å². The molecule has 0 spiro atoms. The first-order valence-electron chi connectivity index (χ1n) is 6.34. The highest BCUT2D eigenvalue weighted by Crippen LogP contribution is 2.25. The van der Waals surface area contributed by atoms with E-state index < -0.39 is 6.03 Å². The lowest BCUT2D eigenvalue weighted by atomic mass is 10.3. The SMILES string of the molecule is O=C(NCC(=O)N1CCCC1)Nc1ccc(Cl)cc1Cl. The van der Waals surface area contributed by atoms with Crippen molar-refractivity contribution in [1.29, 1.82) is 0 Å². The van der Waals surface area contributed by atoms with Gasteiger partial charge in [-0.1, -0.05) is 23.2 Å². The van der Waals surface area contributed by atoms with E-state index in [-0.39, 0.29) is 12.5 Å². The molecular formula is C13H15Cl2N3O2. The van der Waals surface area contributed by atoms with E-state index in [2.05, 4.69) is 10.6 Å². The molecule has 5 nitrogen and oxygen atoms in total. The number of nitrogens with one attached hydrogen (secondary N) is 2. The Morgan fingerprint density at radius 3 is 2.55 bits per heavy atom. The van der Waals surface area contributed by atoms with Crippen LogP contribution in [0.25, 0.3) is 0 Å². The molecule has 0 saturated carbocycles. The monoisotopic (exact) mass is 315 g/mol. The Bertz CT molecular complexity index is 516. The van der Waals surface area contributed by atoms with Gasteiger partial charge in [-0.2, -0.15) is 0 Å². The minimum atomic E-state index is -0.471. The molecule has 0 radical (unpaired) electrons. The van der Waals surface area contributed by atoms with Gasteiger partial charge in [-0.25, -0.2) is 4.79 Å². The van der Waals surface area contributed by atoms with Crippen LogP contribution in [0.5, 0.6) is 0 Å². The second kappa shape index (κ2) is 6.81. The zero-order chi connectivity index (χ0) is 14.5. The Hall–Kier alpha value is -1.46. The van der Waals surface area contributed by atoms with Gasteiger partial charge in [-0.05, 0) is 31.0 Å². The lowest BCUT2D eigenvalue weighted by Gasteiger charge is -2.15. The van der Waals surface area contributed by atoms with Crippen molar-refractivity contribution in [3.63, 3.8) is 0 Å². The van der Waals surface area contributed by atoms with E-state index in [1.54, 1.807) is 17.0 Å². The molecule has 3 amide bonds. The van der Waals surface area contributed by atoms with Crippen molar-refractivity contribution in [1.82, 2.24) is 10.2 Å².